The van der Waals surface area contributed by atoms with Gasteiger partial charge in [-0.1, -0.05) is 18.6 Å². The molecule has 2 N–H and O–H groups in total. The minimum atomic E-state index is 0.219. The van der Waals surface area contributed by atoms with Crippen molar-refractivity contribution in [1.82, 2.24) is 4.90 Å². The largest absolute Gasteiger partial charge is 0.491 e. The summed E-state index contributed by atoms with van der Waals surface area (Å²) in [6, 6.07) is 9.21. The van der Waals surface area contributed by atoms with Crippen LogP contribution in [-0.4, -0.2) is 29.6 Å². The Morgan fingerprint density at radius 3 is 2.80 bits per heavy atom. The van der Waals surface area contributed by atoms with Gasteiger partial charge in [-0.15, -0.1) is 0 Å². The summed E-state index contributed by atoms with van der Waals surface area (Å²) in [7, 11) is 0. The van der Waals surface area contributed by atoms with Gasteiger partial charge in [0.25, 0.3) is 0 Å². The van der Waals surface area contributed by atoms with E-state index in [9.17, 15) is 0 Å². The Hall–Kier alpha value is -1.06. The van der Waals surface area contributed by atoms with Gasteiger partial charge in [0.05, 0.1) is 6.10 Å². The van der Waals surface area contributed by atoms with E-state index in [1.54, 1.807) is 0 Å². The molecule has 0 aliphatic carbocycles. The molecule has 0 amide bonds. The normalized spacial score (nSPS) is 21.9. The first-order valence-electron chi connectivity index (χ1n) is 7.81. The predicted octanol–water partition coefficient (Wildman–Crippen LogP) is 3.18. The Balaban J connectivity index is 2.04. The summed E-state index contributed by atoms with van der Waals surface area (Å²) in [6.45, 7) is 8.37. The van der Waals surface area contributed by atoms with Crippen molar-refractivity contribution >= 4 is 0 Å². The van der Waals surface area contributed by atoms with Crippen molar-refractivity contribution in [3.63, 3.8) is 0 Å². The second-order valence-electron chi connectivity index (χ2n) is 6.21. The van der Waals surface area contributed by atoms with E-state index in [4.69, 9.17) is 10.5 Å². The first-order chi connectivity index (χ1) is 9.56. The Bertz CT molecular complexity index is 417. The van der Waals surface area contributed by atoms with E-state index in [0.29, 0.717) is 6.04 Å². The molecule has 0 saturated carbocycles. The standard InChI is InChI=1S/C17H28N2O/c1-13(2)20-16-8-6-7-15(11-16)12-19-10-5-4-9-17(19)14(3)18/h6-8,11,13-14,17H,4-5,9-10,12,18H2,1-3H3. The molecule has 1 fully saturated rings. The topological polar surface area (TPSA) is 38.5 Å². The molecule has 2 atom stereocenters. The first kappa shape index (κ1) is 15.3. The number of rotatable bonds is 5. The van der Waals surface area contributed by atoms with Crippen LogP contribution in [0.1, 0.15) is 45.6 Å². The molecule has 0 aromatic heterocycles. The molecule has 1 aliphatic rings. The molecule has 3 nitrogen and oxygen atoms in total. The zero-order valence-corrected chi connectivity index (χ0v) is 13.0. The van der Waals surface area contributed by atoms with Crippen LogP contribution in [0.3, 0.4) is 0 Å². The number of piperidine rings is 1. The van der Waals surface area contributed by atoms with E-state index < -0.39 is 0 Å². The predicted molar refractivity (Wildman–Crippen MR) is 83.9 cm³/mol. The molecular weight excluding hydrogens is 248 g/mol. The summed E-state index contributed by atoms with van der Waals surface area (Å²) in [5.74, 6) is 0.965. The van der Waals surface area contributed by atoms with Crippen molar-refractivity contribution in [1.29, 1.82) is 0 Å². The van der Waals surface area contributed by atoms with Crippen LogP contribution in [-0.2, 0) is 6.54 Å². The SMILES string of the molecule is CC(C)Oc1cccc(CN2CCCCC2C(C)N)c1. The minimum absolute atomic E-state index is 0.219. The zero-order valence-electron chi connectivity index (χ0n) is 13.0. The van der Waals surface area contributed by atoms with Gasteiger partial charge in [0.15, 0.2) is 0 Å². The molecular formula is C17H28N2O. The Kier molecular flexibility index (Phi) is 5.44. The fraction of sp³-hybridized carbons (Fsp3) is 0.647. The van der Waals surface area contributed by atoms with Gasteiger partial charge in [-0.2, -0.15) is 0 Å². The van der Waals surface area contributed by atoms with Crippen molar-refractivity contribution in [3.05, 3.63) is 29.8 Å². The van der Waals surface area contributed by atoms with Gasteiger partial charge in [-0.05, 0) is 57.9 Å². The highest BCUT2D eigenvalue weighted by atomic mass is 16.5. The third-order valence-electron chi connectivity index (χ3n) is 3.93. The van der Waals surface area contributed by atoms with Crippen molar-refractivity contribution in [2.75, 3.05) is 6.54 Å². The second-order valence-corrected chi connectivity index (χ2v) is 6.21. The van der Waals surface area contributed by atoms with Crippen LogP contribution in [0.15, 0.2) is 24.3 Å². The summed E-state index contributed by atoms with van der Waals surface area (Å²) in [5.41, 5.74) is 7.46. The smallest absolute Gasteiger partial charge is 0.120 e. The Morgan fingerprint density at radius 2 is 2.10 bits per heavy atom. The highest BCUT2D eigenvalue weighted by Gasteiger charge is 2.25. The maximum Gasteiger partial charge on any atom is 0.120 e. The molecule has 1 heterocycles. The van der Waals surface area contributed by atoms with Gasteiger partial charge >= 0.3 is 0 Å². The molecule has 1 aliphatic heterocycles. The van der Waals surface area contributed by atoms with E-state index in [2.05, 4.69) is 43.9 Å². The third kappa shape index (κ3) is 4.22. The van der Waals surface area contributed by atoms with Gasteiger partial charge in [0, 0.05) is 18.6 Å². The van der Waals surface area contributed by atoms with Gasteiger partial charge in [-0.3, -0.25) is 4.90 Å². The van der Waals surface area contributed by atoms with Crippen LogP contribution in [0.5, 0.6) is 5.75 Å². The molecule has 1 saturated heterocycles. The second kappa shape index (κ2) is 7.09. The van der Waals surface area contributed by atoms with E-state index in [0.717, 1.165) is 18.8 Å². The number of likely N-dealkylation sites (tertiary alicyclic amines) is 1. The van der Waals surface area contributed by atoms with Gasteiger partial charge in [-0.25, -0.2) is 0 Å². The average Bonchev–Trinajstić information content (AvgIpc) is 2.38. The lowest BCUT2D eigenvalue weighted by Gasteiger charge is -2.38. The molecule has 0 spiro atoms. The summed E-state index contributed by atoms with van der Waals surface area (Å²) in [4.78, 5) is 2.53. The van der Waals surface area contributed by atoms with Crippen LogP contribution >= 0.6 is 0 Å². The summed E-state index contributed by atoms with van der Waals surface area (Å²) in [5, 5.41) is 0. The Labute approximate surface area is 123 Å². The lowest BCUT2D eigenvalue weighted by atomic mass is 9.96. The van der Waals surface area contributed by atoms with Crippen molar-refractivity contribution < 1.29 is 4.74 Å². The highest BCUT2D eigenvalue weighted by Crippen LogP contribution is 2.23. The number of benzene rings is 1. The van der Waals surface area contributed by atoms with E-state index in [1.807, 2.05) is 6.07 Å². The molecule has 2 rings (SSSR count). The monoisotopic (exact) mass is 276 g/mol. The Morgan fingerprint density at radius 1 is 1.30 bits per heavy atom. The van der Waals surface area contributed by atoms with Gasteiger partial charge in [0.1, 0.15) is 5.75 Å². The first-order valence-corrected chi connectivity index (χ1v) is 7.81. The van der Waals surface area contributed by atoms with E-state index in [-0.39, 0.29) is 12.1 Å². The van der Waals surface area contributed by atoms with E-state index in [1.165, 1.54) is 24.8 Å². The molecule has 0 bridgehead atoms. The van der Waals surface area contributed by atoms with Crippen molar-refractivity contribution in [2.45, 2.75) is 64.8 Å². The number of hydrogen-bond acceptors (Lipinski definition) is 3. The van der Waals surface area contributed by atoms with E-state index >= 15 is 0 Å². The van der Waals surface area contributed by atoms with Crippen LogP contribution in [0.4, 0.5) is 0 Å². The van der Waals surface area contributed by atoms with Crippen molar-refractivity contribution in [3.8, 4) is 5.75 Å². The molecule has 1 aromatic carbocycles. The third-order valence-corrected chi connectivity index (χ3v) is 3.93. The highest BCUT2D eigenvalue weighted by molar-refractivity contribution is 5.28. The molecule has 2 unspecified atom stereocenters. The number of hydrogen-bond donors (Lipinski definition) is 1. The fourth-order valence-electron chi connectivity index (χ4n) is 3.03. The van der Waals surface area contributed by atoms with Gasteiger partial charge < -0.3 is 10.5 Å². The summed E-state index contributed by atoms with van der Waals surface area (Å²) >= 11 is 0. The molecule has 1 aromatic rings. The zero-order chi connectivity index (χ0) is 14.5. The molecule has 0 radical (unpaired) electrons. The van der Waals surface area contributed by atoms with Crippen molar-refractivity contribution in [2.24, 2.45) is 5.73 Å². The maximum atomic E-state index is 6.14. The molecule has 20 heavy (non-hydrogen) atoms. The quantitative estimate of drug-likeness (QED) is 0.897. The molecule has 3 heteroatoms. The average molecular weight is 276 g/mol. The minimum Gasteiger partial charge on any atom is -0.491 e. The number of nitrogens with two attached hydrogens (primary N) is 1. The lowest BCUT2D eigenvalue weighted by molar-refractivity contribution is 0.123. The van der Waals surface area contributed by atoms with Gasteiger partial charge in [0.2, 0.25) is 0 Å². The van der Waals surface area contributed by atoms with Crippen LogP contribution in [0.2, 0.25) is 0 Å². The molecule has 112 valence electrons. The number of ether oxygens (including phenoxy) is 1. The van der Waals surface area contributed by atoms with Crippen LogP contribution in [0, 0.1) is 0 Å². The fourth-order valence-corrected chi connectivity index (χ4v) is 3.03. The maximum absolute atomic E-state index is 6.14. The number of nitrogens with zero attached hydrogens (tertiary/aromatic N) is 1. The van der Waals surface area contributed by atoms with Crippen LogP contribution in [0.25, 0.3) is 0 Å². The lowest BCUT2D eigenvalue weighted by Crippen LogP contribution is -2.48. The summed E-state index contributed by atoms with van der Waals surface area (Å²) in [6.07, 6.45) is 4.03. The van der Waals surface area contributed by atoms with Crippen LogP contribution < -0.4 is 10.5 Å². The summed E-state index contributed by atoms with van der Waals surface area (Å²) < 4.78 is 5.78.